The molecule has 0 unspecified atom stereocenters. The number of rotatable bonds is 6. The summed E-state index contributed by atoms with van der Waals surface area (Å²) in [5.41, 5.74) is 1.78. The highest BCUT2D eigenvalue weighted by Gasteiger charge is 2.48. The van der Waals surface area contributed by atoms with Crippen molar-refractivity contribution < 1.29 is 9.22 Å². The van der Waals surface area contributed by atoms with E-state index in [2.05, 4.69) is 48.5 Å². The first kappa shape index (κ1) is 15.9. The van der Waals surface area contributed by atoms with Gasteiger partial charge in [0.2, 0.25) is 8.32 Å². The number of Topliss-reactive ketones (excluding diaryl/α,β-unsaturated/α-hetero) is 1. The van der Waals surface area contributed by atoms with Gasteiger partial charge in [-0.2, -0.15) is 0 Å². The highest BCUT2D eigenvalue weighted by atomic mass is 28.4. The molecule has 1 aliphatic rings. The van der Waals surface area contributed by atoms with E-state index < -0.39 is 8.32 Å². The second kappa shape index (κ2) is 5.87. The van der Waals surface area contributed by atoms with Crippen molar-refractivity contribution in [2.24, 2.45) is 5.92 Å². The van der Waals surface area contributed by atoms with Gasteiger partial charge >= 0.3 is 0 Å². The third kappa shape index (κ3) is 2.72. The zero-order chi connectivity index (χ0) is 14.1. The van der Waals surface area contributed by atoms with E-state index >= 15 is 0 Å². The smallest absolute Gasteiger partial charge is 0.200 e. The highest BCUT2D eigenvalue weighted by molar-refractivity contribution is 6.77. The van der Waals surface area contributed by atoms with Crippen molar-refractivity contribution in [3.63, 3.8) is 0 Å². The molecule has 3 heteroatoms. The Balaban J connectivity index is 2.87. The van der Waals surface area contributed by atoms with Crippen LogP contribution in [0.5, 0.6) is 0 Å². The predicted molar refractivity (Wildman–Crippen MR) is 79.3 cm³/mol. The van der Waals surface area contributed by atoms with Gasteiger partial charge < -0.3 is 4.43 Å². The molecular formula is C15H30O2Si. The molecule has 0 heterocycles. The Bertz CT molecular complexity index is 275. The molecule has 2 nitrogen and oxygen atoms in total. The predicted octanol–water partition coefficient (Wildman–Crippen LogP) is 4.55. The molecule has 0 N–H and O–H groups in total. The fourth-order valence-electron chi connectivity index (χ4n) is 3.74. The van der Waals surface area contributed by atoms with E-state index in [1.165, 1.54) is 0 Å². The third-order valence-corrected chi connectivity index (χ3v) is 11.0. The fourth-order valence-corrected chi connectivity index (χ4v) is 9.36. The molecule has 106 valence electrons. The molecule has 18 heavy (non-hydrogen) atoms. The van der Waals surface area contributed by atoms with Gasteiger partial charge in [-0.05, 0) is 30.0 Å². The average molecular weight is 270 g/mol. The first-order valence-electron chi connectivity index (χ1n) is 7.44. The molecule has 1 fully saturated rings. The molecule has 0 bridgehead atoms. The maximum atomic E-state index is 11.6. The van der Waals surface area contributed by atoms with Crippen LogP contribution in [-0.4, -0.2) is 20.2 Å². The van der Waals surface area contributed by atoms with Crippen LogP contribution in [0.3, 0.4) is 0 Å². The van der Waals surface area contributed by atoms with Crippen LogP contribution in [0.15, 0.2) is 0 Å². The zero-order valence-electron chi connectivity index (χ0n) is 13.1. The molecule has 2 atom stereocenters. The molecule has 0 aliphatic heterocycles. The molecule has 0 amide bonds. The average Bonchev–Trinajstić information content (AvgIpc) is 2.22. The van der Waals surface area contributed by atoms with Crippen molar-refractivity contribution in [1.82, 2.24) is 0 Å². The summed E-state index contributed by atoms with van der Waals surface area (Å²) >= 11 is 0. The lowest BCUT2D eigenvalue weighted by Crippen LogP contribution is -2.52. The van der Waals surface area contributed by atoms with Crippen LogP contribution in [0.2, 0.25) is 16.6 Å². The maximum absolute atomic E-state index is 11.6. The maximum Gasteiger partial charge on any atom is 0.200 e. The van der Waals surface area contributed by atoms with Gasteiger partial charge in [0.1, 0.15) is 5.78 Å². The quantitative estimate of drug-likeness (QED) is 0.662. The molecular weight excluding hydrogens is 240 g/mol. The second-order valence-corrected chi connectivity index (χ2v) is 12.2. The Morgan fingerprint density at radius 1 is 1.00 bits per heavy atom. The molecule has 1 saturated carbocycles. The second-order valence-electron chi connectivity index (χ2n) is 6.75. The summed E-state index contributed by atoms with van der Waals surface area (Å²) < 4.78 is 6.61. The Morgan fingerprint density at radius 2 is 1.44 bits per heavy atom. The van der Waals surface area contributed by atoms with Gasteiger partial charge in [-0.25, -0.2) is 0 Å². The van der Waals surface area contributed by atoms with Crippen molar-refractivity contribution in [3.8, 4) is 0 Å². The fraction of sp³-hybridized carbons (Fsp3) is 0.933. The zero-order valence-corrected chi connectivity index (χ0v) is 14.1. The Labute approximate surface area is 114 Å². The number of carbonyl (C=O) groups is 1. The van der Waals surface area contributed by atoms with Crippen LogP contribution in [0, 0.1) is 5.92 Å². The summed E-state index contributed by atoms with van der Waals surface area (Å²) in [6, 6.07) is 0. The van der Waals surface area contributed by atoms with Crippen LogP contribution < -0.4 is 0 Å². The summed E-state index contributed by atoms with van der Waals surface area (Å²) in [5.74, 6) is 0.579. The van der Waals surface area contributed by atoms with E-state index in [0.717, 1.165) is 12.8 Å². The van der Waals surface area contributed by atoms with Crippen molar-refractivity contribution in [3.05, 3.63) is 0 Å². The van der Waals surface area contributed by atoms with Gasteiger partial charge in [0.05, 0.1) is 6.10 Å². The largest absolute Gasteiger partial charge is 0.413 e. The van der Waals surface area contributed by atoms with E-state index in [4.69, 9.17) is 4.43 Å². The number of ketones is 1. The lowest BCUT2D eigenvalue weighted by atomic mass is 9.80. The van der Waals surface area contributed by atoms with Crippen molar-refractivity contribution in [2.45, 2.75) is 84.0 Å². The standard InChI is InChI=1S/C15H30O2Si/c1-10(2)18(11(3)4,12(5)6)17-13(7)14-8-9-15(14)16/h10-14H,8-9H2,1-7H3/t13-,14-/m1/s1. The summed E-state index contributed by atoms with van der Waals surface area (Å²) in [6.45, 7) is 15.9. The van der Waals surface area contributed by atoms with Gasteiger partial charge in [-0.1, -0.05) is 41.5 Å². The van der Waals surface area contributed by atoms with E-state index in [9.17, 15) is 4.79 Å². The lowest BCUT2D eigenvalue weighted by Gasteiger charge is -2.46. The van der Waals surface area contributed by atoms with Gasteiger partial charge in [0.25, 0.3) is 0 Å². The highest BCUT2D eigenvalue weighted by Crippen LogP contribution is 2.44. The monoisotopic (exact) mass is 270 g/mol. The molecule has 0 radical (unpaired) electrons. The summed E-state index contributed by atoms with van der Waals surface area (Å²) in [6.07, 6.45) is 1.90. The first-order valence-corrected chi connectivity index (χ1v) is 9.58. The van der Waals surface area contributed by atoms with Crippen LogP contribution >= 0.6 is 0 Å². The minimum Gasteiger partial charge on any atom is -0.413 e. The molecule has 1 rings (SSSR count). The summed E-state index contributed by atoms with van der Waals surface area (Å²) in [7, 11) is -1.82. The van der Waals surface area contributed by atoms with Crippen LogP contribution in [-0.2, 0) is 9.22 Å². The number of hydrogen-bond acceptors (Lipinski definition) is 2. The van der Waals surface area contributed by atoms with E-state index in [1.807, 2.05) is 0 Å². The van der Waals surface area contributed by atoms with Crippen molar-refractivity contribution >= 4 is 14.1 Å². The minimum atomic E-state index is -1.82. The first-order chi connectivity index (χ1) is 8.23. The normalized spacial score (nSPS) is 22.8. The Hall–Kier alpha value is -0.153. The number of hydrogen-bond donors (Lipinski definition) is 0. The van der Waals surface area contributed by atoms with Gasteiger partial charge in [0, 0.05) is 12.3 Å². The van der Waals surface area contributed by atoms with E-state index in [-0.39, 0.29) is 12.0 Å². The van der Waals surface area contributed by atoms with Crippen LogP contribution in [0.1, 0.15) is 61.3 Å². The van der Waals surface area contributed by atoms with Crippen molar-refractivity contribution in [2.75, 3.05) is 0 Å². The molecule has 0 aromatic rings. The Kier molecular flexibility index (Phi) is 5.19. The molecule has 1 aliphatic carbocycles. The molecule has 0 spiro atoms. The molecule has 0 saturated heterocycles. The van der Waals surface area contributed by atoms with Crippen molar-refractivity contribution in [1.29, 1.82) is 0 Å². The SMILES string of the molecule is CC(C)[Si](O[C@H](C)[C@H]1CCC1=O)(C(C)C)C(C)C. The summed E-state index contributed by atoms with van der Waals surface area (Å²) in [5, 5.41) is 0. The van der Waals surface area contributed by atoms with Gasteiger partial charge in [-0.15, -0.1) is 0 Å². The van der Waals surface area contributed by atoms with Crippen LogP contribution in [0.25, 0.3) is 0 Å². The lowest BCUT2D eigenvalue weighted by molar-refractivity contribution is -0.133. The van der Waals surface area contributed by atoms with E-state index in [0.29, 0.717) is 22.4 Å². The van der Waals surface area contributed by atoms with Gasteiger partial charge in [-0.3, -0.25) is 4.79 Å². The third-order valence-electron chi connectivity index (χ3n) is 4.78. The topological polar surface area (TPSA) is 26.3 Å². The van der Waals surface area contributed by atoms with Gasteiger partial charge in [0.15, 0.2) is 0 Å². The van der Waals surface area contributed by atoms with E-state index in [1.54, 1.807) is 0 Å². The van der Waals surface area contributed by atoms with Crippen LogP contribution in [0.4, 0.5) is 0 Å². The molecule has 0 aromatic carbocycles. The number of carbonyl (C=O) groups excluding carboxylic acids is 1. The molecule has 0 aromatic heterocycles. The Morgan fingerprint density at radius 3 is 1.67 bits per heavy atom. The minimum absolute atomic E-state index is 0.116. The summed E-state index contributed by atoms with van der Waals surface area (Å²) in [4.78, 5) is 11.6.